The fourth-order valence-corrected chi connectivity index (χ4v) is 4.75. The van der Waals surface area contributed by atoms with Crippen LogP contribution in [0.15, 0.2) is 41.6 Å². The van der Waals surface area contributed by atoms with Crippen molar-refractivity contribution in [2.75, 3.05) is 13.1 Å². The summed E-state index contributed by atoms with van der Waals surface area (Å²) in [5, 5.41) is 0. The van der Waals surface area contributed by atoms with Gasteiger partial charge in [0.25, 0.3) is 0 Å². The molecule has 2 atom stereocenters. The molecule has 0 aromatic heterocycles. The largest absolute Gasteiger partial charge is 0.525 e. The highest BCUT2D eigenvalue weighted by atomic mass is 19.1. The molecule has 0 amide bonds. The van der Waals surface area contributed by atoms with E-state index in [4.69, 9.17) is 9.31 Å². The Hall–Kier alpha value is -1.17. The van der Waals surface area contributed by atoms with Crippen molar-refractivity contribution in [2.24, 2.45) is 11.8 Å². The standard InChI is InChI=1S/C22H31BFNO2/c1-21(2)22(3,4)27-23(26-21)20(24)18-12-8-11-17-14-25(15-19(17)18)13-16-9-6-5-7-10-16/h5-7,9-10,17,19H,8,11-15H2,1-4H3. The first-order valence-corrected chi connectivity index (χ1v) is 10.3. The van der Waals surface area contributed by atoms with E-state index in [9.17, 15) is 0 Å². The summed E-state index contributed by atoms with van der Waals surface area (Å²) >= 11 is 0. The Labute approximate surface area is 163 Å². The number of likely N-dealkylation sites (tertiary alicyclic amines) is 1. The summed E-state index contributed by atoms with van der Waals surface area (Å²) in [6, 6.07) is 10.6. The Balaban J connectivity index is 1.51. The SMILES string of the molecule is CC1(C)OB(C(F)=C2CCCC3CN(Cc4ccccc4)CC23)OC1(C)C. The third-order valence-corrected chi connectivity index (χ3v) is 7.00. The Morgan fingerprint density at radius 1 is 1.11 bits per heavy atom. The zero-order valence-electron chi connectivity index (χ0n) is 17.0. The fraction of sp³-hybridized carbons (Fsp3) is 0.636. The summed E-state index contributed by atoms with van der Waals surface area (Å²) in [4.78, 5) is 2.48. The molecule has 146 valence electrons. The quantitative estimate of drug-likeness (QED) is 0.715. The van der Waals surface area contributed by atoms with E-state index in [0.717, 1.165) is 38.0 Å². The first-order chi connectivity index (χ1) is 12.8. The van der Waals surface area contributed by atoms with Crippen LogP contribution in [-0.2, 0) is 15.9 Å². The molecule has 3 fully saturated rings. The second-order valence-electron chi connectivity index (χ2n) is 9.40. The summed E-state index contributed by atoms with van der Waals surface area (Å²) in [6.07, 6.45) is 3.08. The summed E-state index contributed by atoms with van der Waals surface area (Å²) in [5.74, 6) is 0.840. The molecular weight excluding hydrogens is 340 g/mol. The highest BCUT2D eigenvalue weighted by Gasteiger charge is 2.54. The van der Waals surface area contributed by atoms with Crippen molar-refractivity contribution < 1.29 is 13.7 Å². The molecule has 2 heterocycles. The van der Waals surface area contributed by atoms with E-state index in [2.05, 4.69) is 29.2 Å². The lowest BCUT2D eigenvalue weighted by molar-refractivity contribution is 0.00578. The molecule has 1 aromatic rings. The van der Waals surface area contributed by atoms with Crippen molar-refractivity contribution >= 4 is 7.12 Å². The molecule has 2 aliphatic heterocycles. The van der Waals surface area contributed by atoms with Gasteiger partial charge in [-0.1, -0.05) is 30.3 Å². The van der Waals surface area contributed by atoms with Crippen molar-refractivity contribution in [1.82, 2.24) is 4.90 Å². The predicted octanol–water partition coefficient (Wildman–Crippen LogP) is 4.77. The molecule has 0 bridgehead atoms. The van der Waals surface area contributed by atoms with Crippen molar-refractivity contribution in [2.45, 2.75) is 64.7 Å². The van der Waals surface area contributed by atoms with Gasteiger partial charge in [-0.2, -0.15) is 0 Å². The van der Waals surface area contributed by atoms with Gasteiger partial charge in [0.05, 0.1) is 11.2 Å². The lowest BCUT2D eigenvalue weighted by Crippen LogP contribution is -2.41. The second-order valence-corrected chi connectivity index (χ2v) is 9.40. The van der Waals surface area contributed by atoms with Gasteiger partial charge in [0, 0.05) is 19.6 Å². The number of benzene rings is 1. The van der Waals surface area contributed by atoms with E-state index in [1.165, 1.54) is 12.0 Å². The molecule has 2 unspecified atom stereocenters. The van der Waals surface area contributed by atoms with Gasteiger partial charge in [-0.15, -0.1) is 0 Å². The minimum Gasteiger partial charge on any atom is -0.398 e. The zero-order chi connectivity index (χ0) is 19.2. The van der Waals surface area contributed by atoms with Gasteiger partial charge in [-0.3, -0.25) is 4.90 Å². The first-order valence-electron chi connectivity index (χ1n) is 10.3. The van der Waals surface area contributed by atoms with E-state index in [1.54, 1.807) is 0 Å². The molecule has 2 saturated heterocycles. The summed E-state index contributed by atoms with van der Waals surface area (Å²) in [6.45, 7) is 10.8. The number of fused-ring (bicyclic) bond motifs is 1. The van der Waals surface area contributed by atoms with Crippen molar-refractivity contribution in [1.29, 1.82) is 0 Å². The lowest BCUT2D eigenvalue weighted by Gasteiger charge is -2.32. The highest BCUT2D eigenvalue weighted by Crippen LogP contribution is 2.45. The van der Waals surface area contributed by atoms with Crippen LogP contribution >= 0.6 is 0 Å². The van der Waals surface area contributed by atoms with Crippen LogP contribution in [0.25, 0.3) is 0 Å². The molecule has 1 aromatic carbocycles. The average Bonchev–Trinajstić information content (AvgIpc) is 3.12. The fourth-order valence-electron chi connectivity index (χ4n) is 4.75. The van der Waals surface area contributed by atoms with Crippen LogP contribution in [0, 0.1) is 11.8 Å². The second kappa shape index (κ2) is 7.02. The van der Waals surface area contributed by atoms with Gasteiger partial charge >= 0.3 is 7.12 Å². The molecule has 1 saturated carbocycles. The van der Waals surface area contributed by atoms with Crippen molar-refractivity contribution in [3.05, 3.63) is 47.2 Å². The van der Waals surface area contributed by atoms with Gasteiger partial charge in [0.1, 0.15) is 5.73 Å². The van der Waals surface area contributed by atoms with E-state index >= 15 is 4.39 Å². The number of hydrogen-bond acceptors (Lipinski definition) is 3. The van der Waals surface area contributed by atoms with Crippen LogP contribution in [0.5, 0.6) is 0 Å². The third kappa shape index (κ3) is 3.62. The number of hydrogen-bond donors (Lipinski definition) is 0. The Kier molecular flexibility index (Phi) is 4.98. The molecule has 0 N–H and O–H groups in total. The van der Waals surface area contributed by atoms with Crippen LogP contribution in [0.3, 0.4) is 0 Å². The van der Waals surface area contributed by atoms with Crippen LogP contribution in [0.4, 0.5) is 4.39 Å². The number of halogens is 1. The minimum atomic E-state index is -0.855. The maximum Gasteiger partial charge on any atom is 0.525 e. The number of rotatable bonds is 3. The first kappa shape index (κ1) is 19.2. The van der Waals surface area contributed by atoms with Crippen LogP contribution in [-0.4, -0.2) is 36.3 Å². The minimum absolute atomic E-state index is 0.162. The summed E-state index contributed by atoms with van der Waals surface area (Å²) in [7, 11) is -0.855. The maximum atomic E-state index is 15.5. The van der Waals surface area contributed by atoms with Crippen molar-refractivity contribution in [3.8, 4) is 0 Å². The molecular formula is C22H31BFNO2. The zero-order valence-corrected chi connectivity index (χ0v) is 17.0. The van der Waals surface area contributed by atoms with Gasteiger partial charge in [0.15, 0.2) is 0 Å². The molecule has 5 heteroatoms. The van der Waals surface area contributed by atoms with Gasteiger partial charge in [-0.25, -0.2) is 4.39 Å². The van der Waals surface area contributed by atoms with Crippen LogP contribution in [0.1, 0.15) is 52.5 Å². The maximum absolute atomic E-state index is 15.5. The Morgan fingerprint density at radius 2 is 1.78 bits per heavy atom. The molecule has 1 aliphatic carbocycles. The van der Waals surface area contributed by atoms with Crippen molar-refractivity contribution in [3.63, 3.8) is 0 Å². The van der Waals surface area contributed by atoms with Gasteiger partial charge in [-0.05, 0) is 69.9 Å². The summed E-state index contributed by atoms with van der Waals surface area (Å²) in [5.41, 5.74) is 1.11. The third-order valence-electron chi connectivity index (χ3n) is 7.00. The Bertz CT molecular complexity index is 702. The molecule has 3 nitrogen and oxygen atoms in total. The molecule has 0 radical (unpaired) electrons. The summed E-state index contributed by atoms with van der Waals surface area (Å²) < 4.78 is 27.4. The smallest absolute Gasteiger partial charge is 0.398 e. The van der Waals surface area contributed by atoms with E-state index < -0.39 is 18.3 Å². The normalized spacial score (nSPS) is 31.8. The van der Waals surface area contributed by atoms with Gasteiger partial charge < -0.3 is 9.31 Å². The molecule has 4 rings (SSSR count). The molecule has 27 heavy (non-hydrogen) atoms. The van der Waals surface area contributed by atoms with E-state index in [-0.39, 0.29) is 5.73 Å². The van der Waals surface area contributed by atoms with Crippen LogP contribution in [0.2, 0.25) is 0 Å². The average molecular weight is 371 g/mol. The lowest BCUT2D eigenvalue weighted by atomic mass is 9.72. The highest BCUT2D eigenvalue weighted by molar-refractivity contribution is 6.53. The predicted molar refractivity (Wildman–Crippen MR) is 107 cm³/mol. The molecule has 0 spiro atoms. The number of nitrogens with zero attached hydrogens (tertiary/aromatic N) is 1. The topological polar surface area (TPSA) is 21.7 Å². The van der Waals surface area contributed by atoms with Crippen LogP contribution < -0.4 is 0 Å². The molecule has 3 aliphatic rings. The van der Waals surface area contributed by atoms with Gasteiger partial charge in [0.2, 0.25) is 0 Å². The van der Waals surface area contributed by atoms with E-state index in [0.29, 0.717) is 11.8 Å². The monoisotopic (exact) mass is 371 g/mol. The van der Waals surface area contributed by atoms with E-state index in [1.807, 2.05) is 33.8 Å². The Morgan fingerprint density at radius 3 is 2.44 bits per heavy atom.